The molecule has 0 saturated carbocycles. The van der Waals surface area contributed by atoms with E-state index < -0.39 is 52.0 Å². The number of benzene rings is 1. The van der Waals surface area contributed by atoms with Gasteiger partial charge in [-0.2, -0.15) is 23.1 Å². The maximum atomic E-state index is 16.4. The maximum absolute atomic E-state index is 16.4. The Morgan fingerprint density at radius 3 is 2.67 bits per heavy atom. The van der Waals surface area contributed by atoms with Gasteiger partial charge in [0.05, 0.1) is 24.0 Å². The lowest BCUT2D eigenvalue weighted by Gasteiger charge is -2.21. The van der Waals surface area contributed by atoms with Crippen LogP contribution in [0.15, 0.2) is 30.6 Å². The molecule has 9 nitrogen and oxygen atoms in total. The Bertz CT molecular complexity index is 1620. The van der Waals surface area contributed by atoms with Crippen molar-refractivity contribution in [2.24, 2.45) is 0 Å². The fourth-order valence-electron chi connectivity index (χ4n) is 4.88. The summed E-state index contributed by atoms with van der Waals surface area (Å²) in [6, 6.07) is 4.28. The molecule has 0 fully saturated rings. The Labute approximate surface area is 244 Å². The van der Waals surface area contributed by atoms with Crippen molar-refractivity contribution in [2.45, 2.75) is 45.4 Å². The Morgan fingerprint density at radius 2 is 1.93 bits per heavy atom. The van der Waals surface area contributed by atoms with Crippen molar-refractivity contribution >= 4 is 22.4 Å². The van der Waals surface area contributed by atoms with Crippen molar-refractivity contribution in [3.05, 3.63) is 58.9 Å². The lowest BCUT2D eigenvalue weighted by Crippen LogP contribution is -2.26. The molecule has 1 unspecified atom stereocenters. The van der Waals surface area contributed by atoms with Crippen molar-refractivity contribution in [1.29, 1.82) is 0 Å². The van der Waals surface area contributed by atoms with Crippen LogP contribution in [0, 0.1) is 18.6 Å². The van der Waals surface area contributed by atoms with E-state index in [-0.39, 0.29) is 35.2 Å². The molecule has 3 aromatic heterocycles. The first-order chi connectivity index (χ1) is 20.5. The zero-order chi connectivity index (χ0) is 30.7. The zero-order valence-corrected chi connectivity index (χ0v) is 23.5. The summed E-state index contributed by atoms with van der Waals surface area (Å²) in [5, 5.41) is 6.39. The molecule has 228 valence electrons. The lowest BCUT2D eigenvalue weighted by atomic mass is 9.96. The van der Waals surface area contributed by atoms with Crippen molar-refractivity contribution in [3.63, 3.8) is 0 Å². The molecule has 1 aliphatic rings. The molecule has 4 heterocycles. The van der Waals surface area contributed by atoms with E-state index in [9.17, 15) is 17.6 Å². The predicted molar refractivity (Wildman–Crippen MR) is 151 cm³/mol. The van der Waals surface area contributed by atoms with Gasteiger partial charge in [0.15, 0.2) is 5.82 Å². The Hall–Kier alpha value is -4.33. The second kappa shape index (κ2) is 12.5. The van der Waals surface area contributed by atoms with Crippen LogP contribution in [0.5, 0.6) is 11.9 Å². The number of nitrogens with zero attached hydrogens (tertiary/aromatic N) is 4. The van der Waals surface area contributed by atoms with E-state index in [2.05, 4.69) is 30.6 Å². The van der Waals surface area contributed by atoms with E-state index in [0.29, 0.717) is 38.9 Å². The van der Waals surface area contributed by atoms with Crippen molar-refractivity contribution in [1.82, 2.24) is 25.3 Å². The van der Waals surface area contributed by atoms with Gasteiger partial charge in [-0.15, -0.1) is 0 Å². The Morgan fingerprint density at radius 1 is 1.12 bits per heavy atom. The van der Waals surface area contributed by atoms with Crippen LogP contribution in [0.2, 0.25) is 0 Å². The lowest BCUT2D eigenvalue weighted by molar-refractivity contribution is -0.137. The number of halogens is 5. The molecule has 0 saturated heterocycles. The van der Waals surface area contributed by atoms with Gasteiger partial charge in [-0.05, 0) is 62.9 Å². The summed E-state index contributed by atoms with van der Waals surface area (Å²) in [4.78, 5) is 17.0. The standard InChI is InChI=1S/C29H30F5N7O2/c1-15-7-9-36-10-11-38-26-20-25(40-28(41-26)42-12-4-6-17-5-3-8-37-14-17)23(31)24(39-27(20)43-15)18-13-19(35)22(30)16(2)21(18)29(32,33)34/h3,5,8,13-15,36H,4,6-7,9-12,35H2,1-2H3,(H,38,40,41). The number of pyridine rings is 2. The van der Waals surface area contributed by atoms with Crippen LogP contribution in [0.25, 0.3) is 22.2 Å². The number of hydrogen-bond acceptors (Lipinski definition) is 9. The second-order valence-corrected chi connectivity index (χ2v) is 10.2. The summed E-state index contributed by atoms with van der Waals surface area (Å²) in [6.07, 6.45) is -0.347. The Balaban J connectivity index is 1.66. The van der Waals surface area contributed by atoms with Gasteiger partial charge in [-0.3, -0.25) is 4.98 Å². The van der Waals surface area contributed by atoms with Crippen LogP contribution in [0.1, 0.15) is 36.5 Å². The first-order valence-electron chi connectivity index (χ1n) is 13.7. The van der Waals surface area contributed by atoms with Crippen LogP contribution in [0.3, 0.4) is 0 Å². The predicted octanol–water partition coefficient (Wildman–Crippen LogP) is 5.46. The smallest absolute Gasteiger partial charge is 0.417 e. The summed E-state index contributed by atoms with van der Waals surface area (Å²) in [7, 11) is 0. The monoisotopic (exact) mass is 603 g/mol. The molecule has 0 bridgehead atoms. The highest BCUT2D eigenvalue weighted by atomic mass is 19.4. The minimum atomic E-state index is -5.04. The topological polar surface area (TPSA) is 120 Å². The van der Waals surface area contributed by atoms with Gasteiger partial charge >= 0.3 is 12.2 Å². The first kappa shape index (κ1) is 30.1. The minimum absolute atomic E-state index is 0.0399. The highest BCUT2D eigenvalue weighted by Gasteiger charge is 2.39. The summed E-state index contributed by atoms with van der Waals surface area (Å²) in [5.41, 5.74) is 2.10. The molecule has 0 radical (unpaired) electrons. The SMILES string of the molecule is Cc1c(F)c(N)cc(-c2nc3c4c(nc(OCCCc5cccnc5)nc4c2F)NCCNCCC(C)O3)c1C(F)(F)F. The number of nitrogens with two attached hydrogens (primary N) is 1. The zero-order valence-electron chi connectivity index (χ0n) is 23.5. The highest BCUT2D eigenvalue weighted by Crippen LogP contribution is 2.44. The molecule has 4 aromatic rings. The third kappa shape index (κ3) is 6.53. The summed E-state index contributed by atoms with van der Waals surface area (Å²) in [6.45, 7) is 4.37. The van der Waals surface area contributed by atoms with Crippen LogP contribution in [0.4, 0.5) is 33.5 Å². The number of anilines is 2. The molecule has 1 aliphatic heterocycles. The molecule has 0 amide bonds. The molecule has 1 aromatic carbocycles. The van der Waals surface area contributed by atoms with Gasteiger partial charge in [-0.1, -0.05) is 6.07 Å². The van der Waals surface area contributed by atoms with E-state index in [0.717, 1.165) is 18.6 Å². The fraction of sp³-hybridized carbons (Fsp3) is 0.379. The van der Waals surface area contributed by atoms with Gasteiger partial charge < -0.3 is 25.8 Å². The van der Waals surface area contributed by atoms with E-state index >= 15 is 4.39 Å². The number of nitrogen functional groups attached to an aromatic ring is 1. The first-order valence-corrected chi connectivity index (χ1v) is 13.7. The van der Waals surface area contributed by atoms with Crippen LogP contribution < -0.4 is 25.8 Å². The van der Waals surface area contributed by atoms with Gasteiger partial charge in [0.2, 0.25) is 5.88 Å². The van der Waals surface area contributed by atoms with Gasteiger partial charge in [0.1, 0.15) is 28.2 Å². The maximum Gasteiger partial charge on any atom is 0.417 e. The van der Waals surface area contributed by atoms with E-state index in [4.69, 9.17) is 15.2 Å². The summed E-state index contributed by atoms with van der Waals surface area (Å²) < 4.78 is 85.5. The van der Waals surface area contributed by atoms with Gasteiger partial charge in [0, 0.05) is 31.0 Å². The number of rotatable bonds is 6. The normalized spacial score (nSPS) is 15.8. The van der Waals surface area contributed by atoms with Crippen LogP contribution >= 0.6 is 0 Å². The third-order valence-electron chi connectivity index (χ3n) is 7.00. The molecule has 43 heavy (non-hydrogen) atoms. The van der Waals surface area contributed by atoms with Crippen LogP contribution in [-0.4, -0.2) is 52.3 Å². The minimum Gasteiger partial charge on any atom is -0.474 e. The van der Waals surface area contributed by atoms with E-state index in [1.807, 2.05) is 12.1 Å². The van der Waals surface area contributed by atoms with E-state index in [1.165, 1.54) is 0 Å². The van der Waals surface area contributed by atoms with Crippen molar-refractivity contribution in [2.75, 3.05) is 37.3 Å². The van der Waals surface area contributed by atoms with E-state index in [1.54, 1.807) is 19.3 Å². The quantitative estimate of drug-likeness (QED) is 0.150. The van der Waals surface area contributed by atoms with Crippen molar-refractivity contribution < 1.29 is 31.4 Å². The number of ether oxygens (including phenoxy) is 2. The average molecular weight is 604 g/mol. The third-order valence-corrected chi connectivity index (χ3v) is 7.00. The Kier molecular flexibility index (Phi) is 8.76. The molecule has 1 atom stereocenters. The number of alkyl halides is 3. The largest absolute Gasteiger partial charge is 0.474 e. The molecule has 4 N–H and O–H groups in total. The molecular weight excluding hydrogens is 573 g/mol. The molecule has 14 heteroatoms. The number of hydrogen-bond donors (Lipinski definition) is 3. The molecule has 5 rings (SSSR count). The number of aromatic nitrogens is 4. The summed E-state index contributed by atoms with van der Waals surface area (Å²) in [5.74, 6) is -2.48. The fourth-order valence-corrected chi connectivity index (χ4v) is 4.88. The van der Waals surface area contributed by atoms with Crippen molar-refractivity contribution in [3.8, 4) is 23.1 Å². The number of nitrogens with one attached hydrogen (secondary N) is 2. The summed E-state index contributed by atoms with van der Waals surface area (Å²) >= 11 is 0. The average Bonchev–Trinajstić information content (AvgIpc) is 2.99. The van der Waals surface area contributed by atoms with Crippen LogP contribution in [-0.2, 0) is 12.6 Å². The molecular formula is C29H30F5N7O2. The molecule has 0 spiro atoms. The second-order valence-electron chi connectivity index (χ2n) is 10.2. The number of aryl methyl sites for hydroxylation is 1. The molecule has 0 aliphatic carbocycles. The van der Waals surface area contributed by atoms with Gasteiger partial charge in [-0.25, -0.2) is 13.8 Å². The highest BCUT2D eigenvalue weighted by molar-refractivity contribution is 5.96. The van der Waals surface area contributed by atoms with Gasteiger partial charge in [0.25, 0.3) is 0 Å².